The third-order valence-electron chi connectivity index (χ3n) is 3.16. The van der Waals surface area contributed by atoms with E-state index in [4.69, 9.17) is 0 Å². The summed E-state index contributed by atoms with van der Waals surface area (Å²) in [7, 11) is -3.91. The highest BCUT2D eigenvalue weighted by molar-refractivity contribution is 7.89. The molecule has 1 aromatic heterocycles. The normalized spacial score (nSPS) is 11.8. The Morgan fingerprint density at radius 3 is 2.57 bits per heavy atom. The SMILES string of the molecule is CCn1ncc(CNS(=O)(=O)c2ccc(F)c(F)c2)c1C. The summed E-state index contributed by atoms with van der Waals surface area (Å²) in [5, 5.41) is 4.11. The van der Waals surface area contributed by atoms with Gasteiger partial charge in [-0.05, 0) is 32.0 Å². The molecule has 0 saturated heterocycles. The number of rotatable bonds is 5. The van der Waals surface area contributed by atoms with Gasteiger partial charge in [0.05, 0.1) is 11.1 Å². The highest BCUT2D eigenvalue weighted by Gasteiger charge is 2.17. The first-order valence-electron chi connectivity index (χ1n) is 6.31. The standard InChI is InChI=1S/C13H15F2N3O2S/c1-3-18-9(2)10(7-16-18)8-17-21(19,20)11-4-5-12(14)13(15)6-11/h4-7,17H,3,8H2,1-2H3. The number of nitrogens with zero attached hydrogens (tertiary/aromatic N) is 2. The van der Waals surface area contributed by atoms with Gasteiger partial charge in [-0.25, -0.2) is 21.9 Å². The molecule has 0 unspecified atom stereocenters. The first-order chi connectivity index (χ1) is 9.85. The third kappa shape index (κ3) is 3.27. The summed E-state index contributed by atoms with van der Waals surface area (Å²) < 4.78 is 54.1. The summed E-state index contributed by atoms with van der Waals surface area (Å²) in [4.78, 5) is -0.318. The van der Waals surface area contributed by atoms with Crippen molar-refractivity contribution in [2.75, 3.05) is 0 Å². The molecule has 2 aromatic rings. The second-order valence-electron chi connectivity index (χ2n) is 4.47. The average Bonchev–Trinajstić information content (AvgIpc) is 2.80. The van der Waals surface area contributed by atoms with Crippen molar-refractivity contribution in [3.05, 3.63) is 47.3 Å². The van der Waals surface area contributed by atoms with Crippen LogP contribution >= 0.6 is 0 Å². The Morgan fingerprint density at radius 1 is 1.29 bits per heavy atom. The van der Waals surface area contributed by atoms with Crippen LogP contribution in [0.15, 0.2) is 29.3 Å². The Balaban J connectivity index is 2.17. The zero-order chi connectivity index (χ0) is 15.6. The van der Waals surface area contributed by atoms with Crippen molar-refractivity contribution < 1.29 is 17.2 Å². The first kappa shape index (κ1) is 15.6. The smallest absolute Gasteiger partial charge is 0.240 e. The van der Waals surface area contributed by atoms with Crippen LogP contribution in [0.4, 0.5) is 8.78 Å². The van der Waals surface area contributed by atoms with Crippen LogP contribution in [0.1, 0.15) is 18.2 Å². The van der Waals surface area contributed by atoms with Gasteiger partial charge < -0.3 is 0 Å². The van der Waals surface area contributed by atoms with E-state index in [9.17, 15) is 17.2 Å². The molecule has 8 heteroatoms. The lowest BCUT2D eigenvalue weighted by molar-refractivity contribution is 0.504. The van der Waals surface area contributed by atoms with Crippen LogP contribution in [0.25, 0.3) is 0 Å². The van der Waals surface area contributed by atoms with Crippen LogP contribution in [0.3, 0.4) is 0 Å². The van der Waals surface area contributed by atoms with Crippen LogP contribution in [-0.2, 0) is 23.1 Å². The van der Waals surface area contributed by atoms with E-state index in [1.807, 2.05) is 13.8 Å². The second kappa shape index (κ2) is 5.90. The minimum Gasteiger partial charge on any atom is -0.270 e. The largest absolute Gasteiger partial charge is 0.270 e. The zero-order valence-corrected chi connectivity index (χ0v) is 12.4. The lowest BCUT2D eigenvalue weighted by atomic mass is 10.3. The summed E-state index contributed by atoms with van der Waals surface area (Å²) in [5.74, 6) is -2.29. The van der Waals surface area contributed by atoms with Crippen molar-refractivity contribution in [2.24, 2.45) is 0 Å². The number of halogens is 2. The van der Waals surface area contributed by atoms with Gasteiger partial charge in [0.25, 0.3) is 0 Å². The molecule has 0 saturated carbocycles. The van der Waals surface area contributed by atoms with Crippen molar-refractivity contribution in [3.63, 3.8) is 0 Å². The summed E-state index contributed by atoms with van der Waals surface area (Å²) >= 11 is 0. The monoisotopic (exact) mass is 315 g/mol. The van der Waals surface area contributed by atoms with Crippen molar-refractivity contribution in [2.45, 2.75) is 31.8 Å². The molecule has 114 valence electrons. The molecule has 2 rings (SSSR count). The van der Waals surface area contributed by atoms with Crippen LogP contribution in [0.5, 0.6) is 0 Å². The number of benzene rings is 1. The molecule has 1 N–H and O–H groups in total. The lowest BCUT2D eigenvalue weighted by Gasteiger charge is -2.07. The maximum absolute atomic E-state index is 13.1. The van der Waals surface area contributed by atoms with Crippen LogP contribution in [0, 0.1) is 18.6 Å². The highest BCUT2D eigenvalue weighted by Crippen LogP contribution is 2.15. The molecule has 0 aliphatic rings. The van der Waals surface area contributed by atoms with Crippen LogP contribution in [-0.4, -0.2) is 18.2 Å². The van der Waals surface area contributed by atoms with E-state index in [1.165, 1.54) is 0 Å². The Morgan fingerprint density at radius 2 is 2.00 bits per heavy atom. The number of aryl methyl sites for hydroxylation is 1. The Hall–Kier alpha value is -1.80. The van der Waals surface area contributed by atoms with Gasteiger partial charge in [-0.15, -0.1) is 0 Å². The summed E-state index contributed by atoms with van der Waals surface area (Å²) in [6.07, 6.45) is 1.58. The van der Waals surface area contributed by atoms with E-state index < -0.39 is 21.7 Å². The molecule has 0 aliphatic carbocycles. The van der Waals surface area contributed by atoms with E-state index in [0.29, 0.717) is 12.6 Å². The molecule has 0 radical (unpaired) electrons. The fourth-order valence-electron chi connectivity index (χ4n) is 1.88. The van der Waals surface area contributed by atoms with Gasteiger partial charge in [0.2, 0.25) is 10.0 Å². The molecule has 5 nitrogen and oxygen atoms in total. The number of sulfonamides is 1. The maximum atomic E-state index is 13.1. The fourth-order valence-corrected chi connectivity index (χ4v) is 2.90. The van der Waals surface area contributed by atoms with E-state index in [0.717, 1.165) is 23.4 Å². The molecule has 0 spiro atoms. The molecule has 1 aromatic carbocycles. The first-order valence-corrected chi connectivity index (χ1v) is 7.79. The quantitative estimate of drug-likeness (QED) is 0.917. The van der Waals surface area contributed by atoms with Gasteiger partial charge in [0.15, 0.2) is 11.6 Å². The predicted octanol–water partition coefficient (Wildman–Crippen LogP) is 1.97. The second-order valence-corrected chi connectivity index (χ2v) is 6.24. The molecule has 0 atom stereocenters. The minimum atomic E-state index is -3.91. The van der Waals surface area contributed by atoms with Crippen LogP contribution in [0.2, 0.25) is 0 Å². The highest BCUT2D eigenvalue weighted by atomic mass is 32.2. The molecular formula is C13H15F2N3O2S. The predicted molar refractivity (Wildman–Crippen MR) is 73.0 cm³/mol. The number of aromatic nitrogens is 2. The van der Waals surface area contributed by atoms with Gasteiger partial charge >= 0.3 is 0 Å². The fraction of sp³-hybridized carbons (Fsp3) is 0.308. The zero-order valence-electron chi connectivity index (χ0n) is 11.6. The number of nitrogens with one attached hydrogen (secondary N) is 1. The summed E-state index contributed by atoms with van der Waals surface area (Å²) in [6.45, 7) is 4.47. The van der Waals surface area contributed by atoms with Crippen LogP contribution < -0.4 is 4.72 Å². The van der Waals surface area contributed by atoms with E-state index >= 15 is 0 Å². The molecule has 21 heavy (non-hydrogen) atoms. The van der Waals surface area contributed by atoms with E-state index in [1.54, 1.807) is 10.9 Å². The molecule has 0 aliphatic heterocycles. The number of hydrogen-bond acceptors (Lipinski definition) is 3. The van der Waals surface area contributed by atoms with Gasteiger partial charge in [0.1, 0.15) is 0 Å². The number of hydrogen-bond donors (Lipinski definition) is 1. The molecule has 1 heterocycles. The van der Waals surface area contributed by atoms with Gasteiger partial charge in [-0.2, -0.15) is 5.10 Å². The van der Waals surface area contributed by atoms with Crippen molar-refractivity contribution in [3.8, 4) is 0 Å². The molecular weight excluding hydrogens is 300 g/mol. The Labute approximate surface area is 121 Å². The minimum absolute atomic E-state index is 0.0349. The van der Waals surface area contributed by atoms with Gasteiger partial charge in [0, 0.05) is 24.3 Å². The van der Waals surface area contributed by atoms with Crippen molar-refractivity contribution in [1.29, 1.82) is 0 Å². The third-order valence-corrected chi connectivity index (χ3v) is 4.56. The lowest BCUT2D eigenvalue weighted by Crippen LogP contribution is -2.23. The Bertz CT molecular complexity index is 757. The molecule has 0 bridgehead atoms. The van der Waals surface area contributed by atoms with E-state index in [2.05, 4.69) is 9.82 Å². The van der Waals surface area contributed by atoms with Gasteiger partial charge in [-0.3, -0.25) is 4.68 Å². The Kier molecular flexibility index (Phi) is 4.38. The van der Waals surface area contributed by atoms with Gasteiger partial charge in [-0.1, -0.05) is 0 Å². The van der Waals surface area contributed by atoms with Crippen molar-refractivity contribution >= 4 is 10.0 Å². The summed E-state index contributed by atoms with van der Waals surface area (Å²) in [5.41, 5.74) is 1.58. The topological polar surface area (TPSA) is 64.0 Å². The molecule has 0 fully saturated rings. The van der Waals surface area contributed by atoms with Crippen molar-refractivity contribution in [1.82, 2.24) is 14.5 Å². The maximum Gasteiger partial charge on any atom is 0.240 e. The molecule has 0 amide bonds. The van der Waals surface area contributed by atoms with E-state index in [-0.39, 0.29) is 11.4 Å². The average molecular weight is 315 g/mol. The summed E-state index contributed by atoms with van der Waals surface area (Å²) in [6, 6.07) is 2.45.